The second kappa shape index (κ2) is 6.50. The van der Waals surface area contributed by atoms with E-state index in [2.05, 4.69) is 15.7 Å². The van der Waals surface area contributed by atoms with Gasteiger partial charge in [-0.2, -0.15) is 5.10 Å². The van der Waals surface area contributed by atoms with Crippen LogP contribution in [0.3, 0.4) is 0 Å². The van der Waals surface area contributed by atoms with Gasteiger partial charge in [0.15, 0.2) is 0 Å². The van der Waals surface area contributed by atoms with Crippen LogP contribution in [-0.4, -0.2) is 27.6 Å². The van der Waals surface area contributed by atoms with Gasteiger partial charge in [-0.25, -0.2) is 0 Å². The topological polar surface area (TPSA) is 76.0 Å². The molecule has 1 aromatic rings. The first kappa shape index (κ1) is 16.5. The minimum Gasteiger partial charge on any atom is -0.344 e. The van der Waals surface area contributed by atoms with Gasteiger partial charge in [-0.3, -0.25) is 14.3 Å². The number of hydrogen-bond acceptors (Lipinski definition) is 3. The van der Waals surface area contributed by atoms with Crippen LogP contribution in [0.5, 0.6) is 0 Å². The van der Waals surface area contributed by atoms with Crippen molar-refractivity contribution in [1.29, 1.82) is 0 Å². The molecule has 6 heteroatoms. The average Bonchev–Trinajstić information content (AvgIpc) is 3.05. The van der Waals surface area contributed by atoms with Gasteiger partial charge in [-0.05, 0) is 39.5 Å². The van der Waals surface area contributed by atoms with Crippen molar-refractivity contribution in [2.24, 2.45) is 5.92 Å². The Hall–Kier alpha value is -1.85. The second-order valence-electron chi connectivity index (χ2n) is 7.06. The Balaban J connectivity index is 2.07. The van der Waals surface area contributed by atoms with Gasteiger partial charge in [-0.15, -0.1) is 0 Å². The molecule has 6 nitrogen and oxygen atoms in total. The van der Waals surface area contributed by atoms with Gasteiger partial charge in [0.05, 0.1) is 17.4 Å². The zero-order valence-electron chi connectivity index (χ0n) is 13.8. The van der Waals surface area contributed by atoms with Gasteiger partial charge in [-0.1, -0.05) is 12.8 Å². The maximum atomic E-state index is 12.5. The summed E-state index contributed by atoms with van der Waals surface area (Å²) in [4.78, 5) is 23.9. The summed E-state index contributed by atoms with van der Waals surface area (Å²) >= 11 is 0. The molecular formula is C16H26N4O2. The Bertz CT molecular complexity index is 539. The summed E-state index contributed by atoms with van der Waals surface area (Å²) < 4.78 is 1.81. The number of amides is 2. The second-order valence-corrected chi connectivity index (χ2v) is 7.06. The molecule has 1 fully saturated rings. The van der Waals surface area contributed by atoms with Crippen molar-refractivity contribution in [3.8, 4) is 0 Å². The molecule has 0 spiro atoms. The van der Waals surface area contributed by atoms with E-state index in [4.69, 9.17) is 0 Å². The molecule has 0 saturated heterocycles. The number of hydrogen-bond donors (Lipinski definition) is 2. The predicted octanol–water partition coefficient (Wildman–Crippen LogP) is 2.27. The monoisotopic (exact) mass is 306 g/mol. The maximum Gasteiger partial charge on any atom is 0.247 e. The fraction of sp³-hybridized carbons (Fsp3) is 0.688. The first-order valence-electron chi connectivity index (χ1n) is 7.90. The molecule has 0 aliphatic heterocycles. The molecule has 122 valence electrons. The van der Waals surface area contributed by atoms with Crippen LogP contribution in [0.4, 0.5) is 5.69 Å². The summed E-state index contributed by atoms with van der Waals surface area (Å²) in [5, 5.41) is 9.95. The van der Waals surface area contributed by atoms with Crippen LogP contribution in [0.15, 0.2) is 12.4 Å². The fourth-order valence-electron chi connectivity index (χ4n) is 2.88. The van der Waals surface area contributed by atoms with E-state index in [1.54, 1.807) is 6.20 Å². The summed E-state index contributed by atoms with van der Waals surface area (Å²) in [6.45, 7) is 7.59. The zero-order valence-corrected chi connectivity index (χ0v) is 13.8. The first-order chi connectivity index (χ1) is 10.3. The Morgan fingerprint density at radius 1 is 1.32 bits per heavy atom. The van der Waals surface area contributed by atoms with Crippen LogP contribution < -0.4 is 10.6 Å². The van der Waals surface area contributed by atoms with E-state index in [0.29, 0.717) is 5.69 Å². The van der Waals surface area contributed by atoms with E-state index in [1.165, 1.54) is 6.92 Å². The molecule has 1 aliphatic carbocycles. The Labute approximate surface area is 131 Å². The number of carbonyl (C=O) groups is 2. The first-order valence-corrected chi connectivity index (χ1v) is 7.90. The molecule has 1 aromatic heterocycles. The Morgan fingerprint density at radius 2 is 1.95 bits per heavy atom. The summed E-state index contributed by atoms with van der Waals surface area (Å²) in [7, 11) is 0. The van der Waals surface area contributed by atoms with E-state index in [9.17, 15) is 9.59 Å². The third kappa shape index (κ3) is 4.08. The predicted molar refractivity (Wildman–Crippen MR) is 85.4 cm³/mol. The Morgan fingerprint density at radius 3 is 2.45 bits per heavy atom. The van der Waals surface area contributed by atoms with Gasteiger partial charge in [0.2, 0.25) is 11.8 Å². The van der Waals surface area contributed by atoms with Gasteiger partial charge >= 0.3 is 0 Å². The van der Waals surface area contributed by atoms with Gasteiger partial charge in [0, 0.05) is 13.1 Å². The molecular weight excluding hydrogens is 280 g/mol. The number of nitrogens with one attached hydrogen (secondary N) is 2. The van der Waals surface area contributed by atoms with Crippen molar-refractivity contribution in [3.63, 3.8) is 0 Å². The number of aromatic nitrogens is 2. The normalized spacial score (nSPS) is 17.3. The lowest BCUT2D eigenvalue weighted by atomic mass is 9.97. The van der Waals surface area contributed by atoms with Crippen LogP contribution in [0.2, 0.25) is 0 Å². The molecule has 2 rings (SSSR count). The highest BCUT2D eigenvalue weighted by Gasteiger charge is 2.31. The molecule has 0 bridgehead atoms. The van der Waals surface area contributed by atoms with Crippen molar-refractivity contribution in [2.45, 2.75) is 65.0 Å². The quantitative estimate of drug-likeness (QED) is 0.896. The third-order valence-corrected chi connectivity index (χ3v) is 4.05. The number of anilines is 1. The lowest BCUT2D eigenvalue weighted by molar-refractivity contribution is -0.126. The summed E-state index contributed by atoms with van der Waals surface area (Å²) in [6.07, 6.45) is 7.67. The van der Waals surface area contributed by atoms with Gasteiger partial charge in [0.1, 0.15) is 6.04 Å². The van der Waals surface area contributed by atoms with E-state index < -0.39 is 6.04 Å². The van der Waals surface area contributed by atoms with Crippen LogP contribution in [-0.2, 0) is 15.1 Å². The fourth-order valence-corrected chi connectivity index (χ4v) is 2.88. The smallest absolute Gasteiger partial charge is 0.247 e. The lowest BCUT2D eigenvalue weighted by Gasteiger charge is -2.23. The van der Waals surface area contributed by atoms with Crippen LogP contribution in [0.25, 0.3) is 0 Å². The largest absolute Gasteiger partial charge is 0.344 e. The number of carbonyl (C=O) groups excluding carboxylic acids is 2. The van der Waals surface area contributed by atoms with E-state index in [-0.39, 0.29) is 23.3 Å². The van der Waals surface area contributed by atoms with Crippen molar-refractivity contribution in [1.82, 2.24) is 15.1 Å². The van der Waals surface area contributed by atoms with Crippen LogP contribution >= 0.6 is 0 Å². The molecule has 0 radical (unpaired) electrons. The lowest BCUT2D eigenvalue weighted by Crippen LogP contribution is -2.47. The molecule has 22 heavy (non-hydrogen) atoms. The number of rotatable bonds is 4. The molecule has 1 unspecified atom stereocenters. The highest BCUT2D eigenvalue weighted by atomic mass is 16.2. The number of nitrogens with zero attached hydrogens (tertiary/aromatic N) is 2. The highest BCUT2D eigenvalue weighted by molar-refractivity contribution is 5.97. The highest BCUT2D eigenvalue weighted by Crippen LogP contribution is 2.28. The summed E-state index contributed by atoms with van der Waals surface area (Å²) in [5.41, 5.74) is 0.527. The summed E-state index contributed by atoms with van der Waals surface area (Å²) in [5.74, 6) is -0.102. The molecule has 1 heterocycles. The SMILES string of the molecule is CC(=O)NC(C(=O)Nc1cnn(C(C)(C)C)c1)C1CCCC1. The third-order valence-electron chi connectivity index (χ3n) is 4.05. The van der Waals surface area contributed by atoms with Gasteiger partial charge < -0.3 is 10.6 Å². The zero-order chi connectivity index (χ0) is 16.3. The maximum absolute atomic E-state index is 12.5. The van der Waals surface area contributed by atoms with E-state index >= 15 is 0 Å². The Kier molecular flexibility index (Phi) is 4.88. The standard InChI is InChI=1S/C16H26N4O2/c1-11(21)18-14(12-7-5-6-8-12)15(22)19-13-9-17-20(10-13)16(2,3)4/h9-10,12,14H,5-8H2,1-4H3,(H,18,21)(H,19,22). The van der Waals surface area contributed by atoms with Crippen molar-refractivity contribution in [2.75, 3.05) is 5.32 Å². The molecule has 1 aliphatic rings. The molecule has 2 amide bonds. The van der Waals surface area contributed by atoms with Crippen LogP contribution in [0, 0.1) is 5.92 Å². The van der Waals surface area contributed by atoms with E-state index in [1.807, 2.05) is 31.6 Å². The minimum atomic E-state index is -0.460. The summed E-state index contributed by atoms with van der Waals surface area (Å²) in [6, 6.07) is -0.460. The van der Waals surface area contributed by atoms with Crippen molar-refractivity contribution >= 4 is 17.5 Å². The van der Waals surface area contributed by atoms with E-state index in [0.717, 1.165) is 25.7 Å². The molecule has 1 atom stereocenters. The molecule has 2 N–H and O–H groups in total. The molecule has 1 saturated carbocycles. The van der Waals surface area contributed by atoms with Gasteiger partial charge in [0.25, 0.3) is 0 Å². The van der Waals surface area contributed by atoms with Crippen molar-refractivity contribution in [3.05, 3.63) is 12.4 Å². The van der Waals surface area contributed by atoms with Crippen LogP contribution in [0.1, 0.15) is 53.4 Å². The van der Waals surface area contributed by atoms with Crippen molar-refractivity contribution < 1.29 is 9.59 Å². The minimum absolute atomic E-state index is 0.133. The molecule has 0 aromatic carbocycles. The average molecular weight is 306 g/mol.